The normalized spacial score (nSPS) is 11.9. The van der Waals surface area contributed by atoms with Gasteiger partial charge in [0.2, 0.25) is 0 Å². The SMILES string of the molecule is Cc1nc(-c2noc(CF)c2-c2cc(F)c(S(C)(=O)=O)c(F)c2)cs1. The van der Waals surface area contributed by atoms with Gasteiger partial charge in [-0.15, -0.1) is 11.3 Å². The number of nitrogens with zero attached hydrogens (tertiary/aromatic N) is 2. The van der Waals surface area contributed by atoms with Gasteiger partial charge in [0.1, 0.15) is 27.9 Å². The van der Waals surface area contributed by atoms with Gasteiger partial charge in [-0.2, -0.15) is 0 Å². The van der Waals surface area contributed by atoms with Crippen molar-refractivity contribution >= 4 is 21.2 Å². The van der Waals surface area contributed by atoms with E-state index in [2.05, 4.69) is 10.1 Å². The monoisotopic (exact) mass is 388 g/mol. The summed E-state index contributed by atoms with van der Waals surface area (Å²) in [6.07, 6.45) is 0.698. The molecule has 0 N–H and O–H groups in total. The number of alkyl halides is 1. The van der Waals surface area contributed by atoms with Crippen LogP contribution in [0.4, 0.5) is 13.2 Å². The Kier molecular flexibility index (Phi) is 4.41. The fraction of sp³-hybridized carbons (Fsp3) is 0.200. The van der Waals surface area contributed by atoms with Crippen LogP contribution < -0.4 is 0 Å². The third-order valence-corrected chi connectivity index (χ3v) is 5.31. The van der Waals surface area contributed by atoms with Crippen molar-refractivity contribution in [3.63, 3.8) is 0 Å². The van der Waals surface area contributed by atoms with Gasteiger partial charge in [-0.25, -0.2) is 26.6 Å². The van der Waals surface area contributed by atoms with Crippen LogP contribution >= 0.6 is 11.3 Å². The van der Waals surface area contributed by atoms with Crippen LogP contribution in [0.3, 0.4) is 0 Å². The van der Waals surface area contributed by atoms with E-state index in [1.54, 1.807) is 12.3 Å². The van der Waals surface area contributed by atoms with Gasteiger partial charge in [-0.05, 0) is 24.6 Å². The molecule has 10 heteroatoms. The first-order chi connectivity index (χ1) is 11.7. The molecule has 0 aliphatic rings. The van der Waals surface area contributed by atoms with Crippen molar-refractivity contribution in [2.75, 3.05) is 6.26 Å². The third-order valence-electron chi connectivity index (χ3n) is 3.40. The van der Waals surface area contributed by atoms with Crippen LogP contribution in [0.15, 0.2) is 26.9 Å². The second-order valence-corrected chi connectivity index (χ2v) is 8.27. The largest absolute Gasteiger partial charge is 0.357 e. The van der Waals surface area contributed by atoms with Crippen LogP contribution in [-0.4, -0.2) is 24.8 Å². The molecular weight excluding hydrogens is 377 g/mol. The molecule has 0 radical (unpaired) electrons. The lowest BCUT2D eigenvalue weighted by Crippen LogP contribution is -2.05. The molecule has 0 saturated carbocycles. The Labute approximate surface area is 145 Å². The quantitative estimate of drug-likeness (QED) is 0.677. The molecule has 0 spiro atoms. The zero-order valence-corrected chi connectivity index (χ0v) is 14.6. The van der Waals surface area contributed by atoms with Gasteiger partial charge in [0.05, 0.1) is 10.6 Å². The highest BCUT2D eigenvalue weighted by Crippen LogP contribution is 2.37. The lowest BCUT2D eigenvalue weighted by Gasteiger charge is -2.07. The molecular formula is C15H11F3N2O3S2. The summed E-state index contributed by atoms with van der Waals surface area (Å²) >= 11 is 1.32. The summed E-state index contributed by atoms with van der Waals surface area (Å²) in [5.41, 5.74) is 0.444. The predicted octanol–water partition coefficient (Wildman–Crippen LogP) is 3.92. The molecule has 3 rings (SSSR count). The van der Waals surface area contributed by atoms with Crippen molar-refractivity contribution in [2.45, 2.75) is 18.5 Å². The van der Waals surface area contributed by atoms with Gasteiger partial charge in [-0.3, -0.25) is 0 Å². The summed E-state index contributed by atoms with van der Waals surface area (Å²) in [5.74, 6) is -2.78. The Bertz CT molecular complexity index is 1030. The van der Waals surface area contributed by atoms with E-state index in [1.807, 2.05) is 0 Å². The fourth-order valence-electron chi connectivity index (χ4n) is 2.42. The van der Waals surface area contributed by atoms with Gasteiger partial charge >= 0.3 is 0 Å². The van der Waals surface area contributed by atoms with Crippen LogP contribution in [-0.2, 0) is 16.5 Å². The molecule has 25 heavy (non-hydrogen) atoms. The molecule has 0 aliphatic heterocycles. The van der Waals surface area contributed by atoms with Gasteiger partial charge in [0.25, 0.3) is 0 Å². The summed E-state index contributed by atoms with van der Waals surface area (Å²) in [7, 11) is -4.10. The van der Waals surface area contributed by atoms with Gasteiger partial charge < -0.3 is 4.52 Å². The molecule has 0 saturated heterocycles. The summed E-state index contributed by atoms with van der Waals surface area (Å²) in [5, 5.41) is 6.11. The maximum absolute atomic E-state index is 14.2. The Morgan fingerprint density at radius 2 is 1.88 bits per heavy atom. The summed E-state index contributed by atoms with van der Waals surface area (Å²) < 4.78 is 69.6. The van der Waals surface area contributed by atoms with Crippen LogP contribution in [0, 0.1) is 18.6 Å². The molecule has 0 atom stereocenters. The minimum atomic E-state index is -4.10. The Morgan fingerprint density at radius 1 is 1.24 bits per heavy atom. The van der Waals surface area contributed by atoms with E-state index in [-0.39, 0.29) is 22.6 Å². The third kappa shape index (κ3) is 3.19. The van der Waals surface area contributed by atoms with Crippen molar-refractivity contribution in [1.29, 1.82) is 0 Å². The minimum absolute atomic E-state index is 0.0330. The van der Waals surface area contributed by atoms with Crippen molar-refractivity contribution in [3.05, 3.63) is 39.9 Å². The molecule has 0 bridgehead atoms. The summed E-state index contributed by atoms with van der Waals surface area (Å²) in [6, 6.07) is 1.63. The molecule has 2 heterocycles. The molecule has 0 aliphatic carbocycles. The second kappa shape index (κ2) is 6.26. The van der Waals surface area contributed by atoms with Crippen LogP contribution in [0.2, 0.25) is 0 Å². The maximum atomic E-state index is 14.2. The van der Waals surface area contributed by atoms with Crippen molar-refractivity contribution < 1.29 is 26.1 Å². The van der Waals surface area contributed by atoms with Crippen LogP contribution in [0.25, 0.3) is 22.5 Å². The lowest BCUT2D eigenvalue weighted by molar-refractivity contribution is 0.332. The lowest BCUT2D eigenvalue weighted by atomic mass is 10.0. The van der Waals surface area contributed by atoms with Gasteiger partial charge in [-0.1, -0.05) is 5.16 Å². The minimum Gasteiger partial charge on any atom is -0.357 e. The summed E-state index contributed by atoms with van der Waals surface area (Å²) in [6.45, 7) is 0.701. The highest BCUT2D eigenvalue weighted by Gasteiger charge is 2.26. The predicted molar refractivity (Wildman–Crippen MR) is 85.6 cm³/mol. The van der Waals surface area contributed by atoms with Gasteiger partial charge in [0, 0.05) is 11.6 Å². The highest BCUT2D eigenvalue weighted by atomic mass is 32.2. The fourth-order valence-corrected chi connectivity index (χ4v) is 3.84. The average molecular weight is 388 g/mol. The van der Waals surface area contributed by atoms with Crippen molar-refractivity contribution in [2.24, 2.45) is 0 Å². The summed E-state index contributed by atoms with van der Waals surface area (Å²) in [4.78, 5) is 3.17. The first kappa shape index (κ1) is 17.6. The van der Waals surface area contributed by atoms with Gasteiger partial charge in [0.15, 0.2) is 22.3 Å². The standard InChI is InChI=1S/C15H11F3N2O3S2/c1-7-19-11(6-24-7)14-13(12(5-16)23-20-14)8-3-9(17)15(10(18)4-8)25(2,21)22/h3-4,6H,5H2,1-2H3. The number of benzene rings is 1. The zero-order valence-electron chi connectivity index (χ0n) is 13.0. The molecule has 3 aromatic rings. The molecule has 5 nitrogen and oxygen atoms in total. The molecule has 2 aromatic heterocycles. The molecule has 0 fully saturated rings. The van der Waals surface area contributed by atoms with E-state index < -0.39 is 33.0 Å². The Balaban J connectivity index is 2.25. The smallest absolute Gasteiger partial charge is 0.181 e. The number of sulfone groups is 1. The van der Waals surface area contributed by atoms with Crippen molar-refractivity contribution in [3.8, 4) is 22.5 Å². The number of hydrogen-bond acceptors (Lipinski definition) is 6. The first-order valence-corrected chi connectivity index (χ1v) is 9.66. The van der Waals surface area contributed by atoms with E-state index in [0.29, 0.717) is 11.9 Å². The average Bonchev–Trinajstić information content (AvgIpc) is 3.10. The van der Waals surface area contributed by atoms with E-state index in [9.17, 15) is 21.6 Å². The maximum Gasteiger partial charge on any atom is 0.181 e. The van der Waals surface area contributed by atoms with Crippen LogP contribution in [0.5, 0.6) is 0 Å². The highest BCUT2D eigenvalue weighted by molar-refractivity contribution is 7.90. The van der Waals surface area contributed by atoms with E-state index in [1.165, 1.54) is 11.3 Å². The number of rotatable bonds is 4. The second-order valence-electron chi connectivity index (χ2n) is 5.26. The molecule has 132 valence electrons. The Hall–Kier alpha value is -2.20. The van der Waals surface area contributed by atoms with Crippen molar-refractivity contribution in [1.82, 2.24) is 10.1 Å². The van der Waals surface area contributed by atoms with Crippen LogP contribution in [0.1, 0.15) is 10.8 Å². The van der Waals surface area contributed by atoms with E-state index >= 15 is 0 Å². The zero-order chi connectivity index (χ0) is 18.4. The number of halogens is 3. The topological polar surface area (TPSA) is 73.1 Å². The number of hydrogen-bond donors (Lipinski definition) is 0. The number of aromatic nitrogens is 2. The Morgan fingerprint density at radius 3 is 2.36 bits per heavy atom. The first-order valence-electron chi connectivity index (χ1n) is 6.89. The van der Waals surface area contributed by atoms with E-state index in [0.717, 1.165) is 17.1 Å². The molecule has 1 aromatic carbocycles. The number of aryl methyl sites for hydroxylation is 1. The molecule has 0 amide bonds. The molecule has 0 unspecified atom stereocenters. The van der Waals surface area contributed by atoms with E-state index in [4.69, 9.17) is 4.52 Å². The number of thiazole rings is 1.